The fourth-order valence-electron chi connectivity index (χ4n) is 5.76. The Labute approximate surface area is 294 Å². The SMILES string of the molecule is Cc1cccc(C)c1-c1cc(OC[C@@H](CCC(C)(C)C)NCc2cncc(N(C)C3CCC3)n2)nc(NS(=O)(=O)c2cccc(C(=O)O)c2)n1. The molecule has 266 valence electrons. The van der Waals surface area contributed by atoms with Crippen LogP contribution in [0.4, 0.5) is 11.8 Å². The van der Waals surface area contributed by atoms with E-state index in [0.29, 0.717) is 18.3 Å². The zero-order valence-electron chi connectivity index (χ0n) is 29.6. The zero-order valence-corrected chi connectivity index (χ0v) is 30.4. The summed E-state index contributed by atoms with van der Waals surface area (Å²) in [4.78, 5) is 31.8. The lowest BCUT2D eigenvalue weighted by Crippen LogP contribution is -2.38. The third-order valence-electron chi connectivity index (χ3n) is 8.96. The number of aromatic carboxylic acids is 1. The van der Waals surface area contributed by atoms with Crippen molar-refractivity contribution in [2.75, 3.05) is 23.3 Å². The number of hydrogen-bond donors (Lipinski definition) is 3. The van der Waals surface area contributed by atoms with Crippen LogP contribution in [0.1, 0.15) is 80.1 Å². The standard InChI is InChI=1S/C37H47N7O5S/c1-24-10-7-11-25(2)34(24)31-19-33(42-36(41-31)43-50(47,48)30-15-8-12-26(18-30)35(45)46)49-23-27(16-17-37(3,4)5)39-21-28-20-38-22-32(40-28)44(6)29-13-9-14-29/h7-8,10-12,15,18-20,22,27,29,39H,9,13-14,16-17,21,23H2,1-6H3,(H,45,46)(H,41,42,43)/t27-/m1/s1. The van der Waals surface area contributed by atoms with Gasteiger partial charge in [-0.2, -0.15) is 4.98 Å². The summed E-state index contributed by atoms with van der Waals surface area (Å²) in [5, 5.41) is 13.0. The van der Waals surface area contributed by atoms with Gasteiger partial charge in [-0.05, 0) is 80.7 Å². The van der Waals surface area contributed by atoms with E-state index in [1.54, 1.807) is 18.5 Å². The summed E-state index contributed by atoms with van der Waals surface area (Å²) >= 11 is 0. The van der Waals surface area contributed by atoms with E-state index in [2.05, 4.69) is 57.7 Å². The minimum atomic E-state index is -4.24. The number of anilines is 2. The molecule has 0 bridgehead atoms. The number of aryl methyl sites for hydroxylation is 2. The molecule has 2 heterocycles. The Morgan fingerprint density at radius 1 is 1.04 bits per heavy atom. The van der Waals surface area contributed by atoms with Gasteiger partial charge in [0.15, 0.2) is 0 Å². The van der Waals surface area contributed by atoms with Crippen molar-refractivity contribution < 1.29 is 23.1 Å². The predicted octanol–water partition coefficient (Wildman–Crippen LogP) is 6.40. The molecule has 0 aliphatic heterocycles. The van der Waals surface area contributed by atoms with Crippen LogP contribution < -0.4 is 19.7 Å². The van der Waals surface area contributed by atoms with Crippen molar-refractivity contribution in [3.8, 4) is 17.1 Å². The maximum absolute atomic E-state index is 13.4. The van der Waals surface area contributed by atoms with Crippen LogP contribution in [0.25, 0.3) is 11.3 Å². The molecule has 1 saturated carbocycles. The molecule has 2 aromatic heterocycles. The number of nitrogens with one attached hydrogen (secondary N) is 2. The lowest BCUT2D eigenvalue weighted by atomic mass is 9.89. The normalized spacial score (nSPS) is 14.1. The Kier molecular flexibility index (Phi) is 11.4. The second-order valence-electron chi connectivity index (χ2n) is 14.2. The van der Waals surface area contributed by atoms with E-state index < -0.39 is 16.0 Å². The second kappa shape index (κ2) is 15.5. The Hall–Kier alpha value is -4.62. The minimum Gasteiger partial charge on any atom is -0.478 e. The summed E-state index contributed by atoms with van der Waals surface area (Å²) in [5.41, 5.74) is 4.00. The largest absolute Gasteiger partial charge is 0.478 e. The summed E-state index contributed by atoms with van der Waals surface area (Å²) in [7, 11) is -2.17. The number of hydrogen-bond acceptors (Lipinski definition) is 10. The fraction of sp³-hybridized carbons (Fsp3) is 0.432. The summed E-state index contributed by atoms with van der Waals surface area (Å²) < 4.78 is 35.6. The van der Waals surface area contributed by atoms with Crippen LogP contribution in [0, 0.1) is 19.3 Å². The quantitative estimate of drug-likeness (QED) is 0.126. The third kappa shape index (κ3) is 9.54. The predicted molar refractivity (Wildman–Crippen MR) is 194 cm³/mol. The van der Waals surface area contributed by atoms with Crippen molar-refractivity contribution in [3.63, 3.8) is 0 Å². The first-order valence-electron chi connectivity index (χ1n) is 16.9. The van der Waals surface area contributed by atoms with Gasteiger partial charge in [-0.1, -0.05) is 45.0 Å². The Bertz CT molecular complexity index is 1910. The Morgan fingerprint density at radius 3 is 2.42 bits per heavy atom. The Balaban J connectivity index is 1.40. The molecule has 3 N–H and O–H groups in total. The van der Waals surface area contributed by atoms with Crippen LogP contribution in [0.3, 0.4) is 0 Å². The van der Waals surface area contributed by atoms with Gasteiger partial charge in [-0.3, -0.25) is 4.98 Å². The highest BCUT2D eigenvalue weighted by Gasteiger charge is 2.24. The molecule has 0 saturated heterocycles. The molecule has 50 heavy (non-hydrogen) atoms. The molecule has 1 aliphatic rings. The second-order valence-corrected chi connectivity index (χ2v) is 15.9. The fourth-order valence-corrected chi connectivity index (χ4v) is 6.75. The highest BCUT2D eigenvalue weighted by atomic mass is 32.2. The average Bonchev–Trinajstić information content (AvgIpc) is 3.03. The van der Waals surface area contributed by atoms with E-state index in [9.17, 15) is 18.3 Å². The van der Waals surface area contributed by atoms with Crippen molar-refractivity contribution in [1.82, 2.24) is 25.3 Å². The van der Waals surface area contributed by atoms with Gasteiger partial charge in [0, 0.05) is 43.5 Å². The van der Waals surface area contributed by atoms with Gasteiger partial charge in [0.05, 0.1) is 28.0 Å². The van der Waals surface area contributed by atoms with Crippen molar-refractivity contribution in [3.05, 3.63) is 83.3 Å². The lowest BCUT2D eigenvalue weighted by molar-refractivity contribution is 0.0696. The van der Waals surface area contributed by atoms with E-state index in [4.69, 9.17) is 9.72 Å². The van der Waals surface area contributed by atoms with Crippen LogP contribution >= 0.6 is 0 Å². The maximum Gasteiger partial charge on any atom is 0.335 e. The Morgan fingerprint density at radius 2 is 1.76 bits per heavy atom. The molecule has 4 aromatic rings. The first kappa shape index (κ1) is 36.7. The number of rotatable bonds is 15. The summed E-state index contributed by atoms with van der Waals surface area (Å²) in [5.74, 6) is -0.369. The van der Waals surface area contributed by atoms with Crippen LogP contribution in [0.2, 0.25) is 0 Å². The highest BCUT2D eigenvalue weighted by molar-refractivity contribution is 7.92. The lowest BCUT2D eigenvalue weighted by Gasteiger charge is -2.35. The molecule has 13 heteroatoms. The summed E-state index contributed by atoms with van der Waals surface area (Å²) in [6.45, 7) is 11.3. The molecule has 0 spiro atoms. The average molecular weight is 702 g/mol. The van der Waals surface area contributed by atoms with Gasteiger partial charge in [0.1, 0.15) is 12.4 Å². The number of carboxylic acids is 1. The van der Waals surface area contributed by atoms with Crippen molar-refractivity contribution in [1.29, 1.82) is 0 Å². The van der Waals surface area contributed by atoms with Crippen LogP contribution in [-0.4, -0.2) is 65.2 Å². The summed E-state index contributed by atoms with van der Waals surface area (Å²) in [6.07, 6.45) is 8.91. The molecular weight excluding hydrogens is 655 g/mol. The van der Waals surface area contributed by atoms with E-state index in [1.165, 1.54) is 37.5 Å². The van der Waals surface area contributed by atoms with Gasteiger partial charge < -0.3 is 20.1 Å². The van der Waals surface area contributed by atoms with Crippen molar-refractivity contribution >= 4 is 27.8 Å². The van der Waals surface area contributed by atoms with Crippen molar-refractivity contribution in [2.45, 2.75) is 90.2 Å². The molecule has 0 unspecified atom stereocenters. The van der Waals surface area contributed by atoms with Gasteiger partial charge >= 0.3 is 5.97 Å². The molecular formula is C37H47N7O5S. The number of nitrogens with zero attached hydrogens (tertiary/aromatic N) is 5. The van der Waals surface area contributed by atoms with Gasteiger partial charge in [-0.25, -0.2) is 27.9 Å². The van der Waals surface area contributed by atoms with Gasteiger partial charge in [0.2, 0.25) is 11.8 Å². The third-order valence-corrected chi connectivity index (χ3v) is 10.3. The molecule has 12 nitrogen and oxygen atoms in total. The highest BCUT2D eigenvalue weighted by Crippen LogP contribution is 2.30. The first-order valence-corrected chi connectivity index (χ1v) is 18.4. The number of sulfonamides is 1. The number of ether oxygens (including phenoxy) is 1. The smallest absolute Gasteiger partial charge is 0.335 e. The number of carbonyl (C=O) groups is 1. The monoisotopic (exact) mass is 701 g/mol. The van der Waals surface area contributed by atoms with Crippen LogP contribution in [-0.2, 0) is 16.6 Å². The molecule has 2 aromatic carbocycles. The molecule has 1 fully saturated rings. The van der Waals surface area contributed by atoms with E-state index in [-0.39, 0.29) is 40.4 Å². The van der Waals surface area contributed by atoms with Gasteiger partial charge in [-0.15, -0.1) is 0 Å². The zero-order chi connectivity index (χ0) is 36.1. The van der Waals surface area contributed by atoms with Crippen LogP contribution in [0.15, 0.2) is 65.8 Å². The van der Waals surface area contributed by atoms with E-state index in [1.807, 2.05) is 32.0 Å². The molecule has 0 radical (unpaired) electrons. The molecule has 1 atom stereocenters. The number of benzene rings is 2. The van der Waals surface area contributed by atoms with E-state index >= 15 is 0 Å². The number of aromatic nitrogens is 4. The van der Waals surface area contributed by atoms with Gasteiger partial charge in [0.25, 0.3) is 10.0 Å². The number of carboxylic acid groups (broad SMARTS) is 1. The molecule has 5 rings (SSSR count). The minimum absolute atomic E-state index is 0.0819. The summed E-state index contributed by atoms with van der Waals surface area (Å²) in [6, 6.07) is 13.1. The molecule has 1 aliphatic carbocycles. The topological polar surface area (TPSA) is 160 Å². The van der Waals surface area contributed by atoms with Crippen molar-refractivity contribution in [2.24, 2.45) is 5.41 Å². The van der Waals surface area contributed by atoms with Crippen LogP contribution in [0.5, 0.6) is 5.88 Å². The molecule has 0 amide bonds. The maximum atomic E-state index is 13.4. The first-order chi connectivity index (χ1) is 23.7. The van der Waals surface area contributed by atoms with E-state index in [0.717, 1.165) is 47.1 Å².